The Hall–Kier alpha value is -3.68. The minimum atomic E-state index is -1.13. The van der Waals surface area contributed by atoms with Gasteiger partial charge in [-0.15, -0.1) is 0 Å². The van der Waals surface area contributed by atoms with E-state index in [0.29, 0.717) is 12.8 Å². The van der Waals surface area contributed by atoms with Crippen molar-refractivity contribution >= 4 is 34.5 Å². The van der Waals surface area contributed by atoms with Crippen LogP contribution in [0.2, 0.25) is 0 Å². The summed E-state index contributed by atoms with van der Waals surface area (Å²) in [6, 6.07) is 10.9. The first-order valence-corrected chi connectivity index (χ1v) is 19.3. The maximum atomic E-state index is 13.9. The van der Waals surface area contributed by atoms with Gasteiger partial charge in [0.25, 0.3) is 0 Å². The largest absolute Gasteiger partial charge is 0.480 e. The van der Waals surface area contributed by atoms with Crippen LogP contribution in [0.5, 0.6) is 0 Å². The van der Waals surface area contributed by atoms with Gasteiger partial charge in [-0.1, -0.05) is 141 Å². The number of nitrogens with one attached hydrogen (secondary N) is 3. The Morgan fingerprint density at radius 3 is 1.88 bits per heavy atom. The molecule has 2 aromatic carbocycles. The number of hydrogen-bond donors (Lipinski definition) is 4. The zero-order valence-electron chi connectivity index (χ0n) is 31.5. The smallest absolute Gasteiger partial charge is 0.326 e. The molecule has 2 rings (SSSR count). The number of carbonyl (C=O) groups is 4. The van der Waals surface area contributed by atoms with Crippen LogP contribution in [-0.2, 0) is 25.6 Å². The van der Waals surface area contributed by atoms with Crippen molar-refractivity contribution in [3.8, 4) is 0 Å². The lowest BCUT2D eigenvalue weighted by Crippen LogP contribution is -2.57. The van der Waals surface area contributed by atoms with Crippen LogP contribution in [0.3, 0.4) is 0 Å². The highest BCUT2D eigenvalue weighted by molar-refractivity contribution is 5.94. The summed E-state index contributed by atoms with van der Waals surface area (Å²) in [5.41, 5.74) is 0.917. The van der Waals surface area contributed by atoms with Crippen LogP contribution in [0.1, 0.15) is 136 Å². The zero-order chi connectivity index (χ0) is 36.7. The van der Waals surface area contributed by atoms with Crippen LogP contribution in [0.15, 0.2) is 54.6 Å². The maximum Gasteiger partial charge on any atom is 0.326 e. The minimum Gasteiger partial charge on any atom is -0.480 e. The first-order valence-electron chi connectivity index (χ1n) is 19.3. The molecule has 0 spiro atoms. The predicted octanol–water partition coefficient (Wildman–Crippen LogP) is 8.66. The normalized spacial score (nSPS) is 13.4. The number of carboxylic acid groups (broad SMARTS) is 1. The molecule has 0 aliphatic rings. The Bertz CT molecular complexity index is 1330. The van der Waals surface area contributed by atoms with E-state index in [4.69, 9.17) is 0 Å². The quantitative estimate of drug-likeness (QED) is 0.0581. The molecule has 4 N–H and O–H groups in total. The van der Waals surface area contributed by atoms with Crippen LogP contribution >= 0.6 is 0 Å². The molecular formula is C42H65N3O5. The van der Waals surface area contributed by atoms with Gasteiger partial charge >= 0.3 is 5.97 Å². The van der Waals surface area contributed by atoms with Gasteiger partial charge in [-0.3, -0.25) is 14.4 Å². The Balaban J connectivity index is 1.97. The van der Waals surface area contributed by atoms with Gasteiger partial charge in [-0.2, -0.15) is 0 Å². The molecule has 3 amide bonds. The highest BCUT2D eigenvalue weighted by Gasteiger charge is 2.31. The summed E-state index contributed by atoms with van der Waals surface area (Å²) in [4.78, 5) is 52.1. The van der Waals surface area contributed by atoms with Crippen molar-refractivity contribution in [2.75, 3.05) is 0 Å². The third-order valence-corrected chi connectivity index (χ3v) is 9.19. The van der Waals surface area contributed by atoms with Crippen molar-refractivity contribution in [3.05, 3.63) is 60.2 Å². The van der Waals surface area contributed by atoms with Crippen LogP contribution < -0.4 is 16.0 Å². The summed E-state index contributed by atoms with van der Waals surface area (Å²) in [5, 5.41) is 20.1. The molecule has 0 saturated carbocycles. The highest BCUT2D eigenvalue weighted by atomic mass is 16.4. The molecule has 278 valence electrons. The van der Waals surface area contributed by atoms with Gasteiger partial charge in [-0.25, -0.2) is 4.79 Å². The third-order valence-electron chi connectivity index (χ3n) is 9.19. The number of carbonyl (C=O) groups excluding carboxylic acids is 3. The number of unbranched alkanes of at least 4 members (excludes halogenated alkanes) is 11. The summed E-state index contributed by atoms with van der Waals surface area (Å²) in [7, 11) is 0. The second-order valence-corrected chi connectivity index (χ2v) is 14.6. The highest BCUT2D eigenvalue weighted by Crippen LogP contribution is 2.20. The standard InChI is InChI=1S/C42H65N3O5/c1-6-7-8-9-10-11-12-13-14-15-16-17-18-19-20-28-38(46)43-37(30-34-26-23-25-33-24-21-22-27-35(33)34)40(47)44-36(29-31(2)3)41(48)45-39(32(4)5)42(49)50/h13-14,21-27,31-32,36-37,39H,6-12,15-20,28-30H2,1-5H3,(H,43,46)(H,44,47)(H,45,48)(H,49,50)/b14-13-/t36-,37-,39-/m0/s1. The number of benzene rings is 2. The van der Waals surface area contributed by atoms with Crippen molar-refractivity contribution in [1.82, 2.24) is 16.0 Å². The average Bonchev–Trinajstić information content (AvgIpc) is 3.07. The SMILES string of the molecule is CCCCCCCC/C=C\CCCCCCCC(=O)N[C@@H](Cc1cccc2ccccc12)C(=O)N[C@@H](CC(C)C)C(=O)N[C@H](C(=O)O)C(C)C. The summed E-state index contributed by atoms with van der Waals surface area (Å²) >= 11 is 0. The van der Waals surface area contributed by atoms with Gasteiger partial charge in [0, 0.05) is 12.8 Å². The number of amides is 3. The zero-order valence-corrected chi connectivity index (χ0v) is 31.5. The lowest BCUT2D eigenvalue weighted by molar-refractivity contribution is -0.143. The fraction of sp³-hybridized carbons (Fsp3) is 0.619. The first kappa shape index (κ1) is 42.5. The molecule has 0 radical (unpaired) electrons. The number of fused-ring (bicyclic) bond motifs is 1. The van der Waals surface area contributed by atoms with E-state index >= 15 is 0 Å². The summed E-state index contributed by atoms with van der Waals surface area (Å²) < 4.78 is 0. The van der Waals surface area contributed by atoms with E-state index in [9.17, 15) is 24.3 Å². The van der Waals surface area contributed by atoms with Crippen LogP contribution in [0, 0.1) is 11.8 Å². The van der Waals surface area contributed by atoms with Gasteiger partial charge in [0.1, 0.15) is 18.1 Å². The molecule has 8 nitrogen and oxygen atoms in total. The van der Waals surface area contributed by atoms with E-state index in [1.807, 2.05) is 56.3 Å². The number of aliphatic carboxylic acids is 1. The molecule has 8 heteroatoms. The third kappa shape index (κ3) is 16.8. The lowest BCUT2D eigenvalue weighted by atomic mass is 9.97. The van der Waals surface area contributed by atoms with Crippen LogP contribution in [-0.4, -0.2) is 46.9 Å². The minimum absolute atomic E-state index is 0.0561. The summed E-state index contributed by atoms with van der Waals surface area (Å²) in [6.07, 6.45) is 20.8. The fourth-order valence-electron chi connectivity index (χ4n) is 6.27. The first-order chi connectivity index (χ1) is 24.0. The molecule has 0 bridgehead atoms. The van der Waals surface area contributed by atoms with Gasteiger partial charge < -0.3 is 21.1 Å². The van der Waals surface area contributed by atoms with Crippen molar-refractivity contribution in [2.24, 2.45) is 11.8 Å². The topological polar surface area (TPSA) is 125 Å². The molecule has 2 aromatic rings. The second kappa shape index (κ2) is 24.5. The molecule has 0 fully saturated rings. The number of carboxylic acids is 1. The Labute approximate surface area is 301 Å². The van der Waals surface area contributed by atoms with Gasteiger partial charge in [-0.05, 0) is 66.7 Å². The van der Waals surface area contributed by atoms with Crippen molar-refractivity contribution in [2.45, 2.75) is 155 Å². The summed E-state index contributed by atoms with van der Waals surface area (Å²) in [5.74, 6) is -2.61. The predicted molar refractivity (Wildman–Crippen MR) is 205 cm³/mol. The molecule has 3 atom stereocenters. The molecule has 0 aromatic heterocycles. The molecule has 0 aliphatic heterocycles. The van der Waals surface area contributed by atoms with Gasteiger partial charge in [0.15, 0.2) is 0 Å². The van der Waals surface area contributed by atoms with E-state index in [2.05, 4.69) is 35.0 Å². The lowest BCUT2D eigenvalue weighted by Gasteiger charge is -2.26. The maximum absolute atomic E-state index is 13.9. The number of hydrogen-bond acceptors (Lipinski definition) is 4. The van der Waals surface area contributed by atoms with E-state index in [0.717, 1.165) is 54.9 Å². The van der Waals surface area contributed by atoms with E-state index in [-0.39, 0.29) is 24.2 Å². The molecule has 0 heterocycles. The van der Waals surface area contributed by atoms with E-state index in [1.54, 1.807) is 13.8 Å². The molecular weight excluding hydrogens is 626 g/mol. The van der Waals surface area contributed by atoms with Crippen molar-refractivity contribution in [1.29, 1.82) is 0 Å². The van der Waals surface area contributed by atoms with Gasteiger partial charge in [0.05, 0.1) is 0 Å². The molecule has 50 heavy (non-hydrogen) atoms. The molecule has 0 saturated heterocycles. The summed E-state index contributed by atoms with van der Waals surface area (Å²) in [6.45, 7) is 9.57. The average molecular weight is 692 g/mol. The number of allylic oxidation sites excluding steroid dienone is 2. The van der Waals surface area contributed by atoms with Gasteiger partial charge in [0.2, 0.25) is 17.7 Å². The molecule has 0 unspecified atom stereocenters. The Kier molecular flexibility index (Phi) is 20.8. The van der Waals surface area contributed by atoms with Crippen molar-refractivity contribution < 1.29 is 24.3 Å². The Morgan fingerprint density at radius 1 is 0.680 bits per heavy atom. The van der Waals surface area contributed by atoms with E-state index in [1.165, 1.54) is 44.9 Å². The van der Waals surface area contributed by atoms with E-state index < -0.39 is 35.9 Å². The molecule has 0 aliphatic carbocycles. The van der Waals surface area contributed by atoms with Crippen molar-refractivity contribution in [3.63, 3.8) is 0 Å². The van der Waals surface area contributed by atoms with Crippen LogP contribution in [0.4, 0.5) is 0 Å². The second-order valence-electron chi connectivity index (χ2n) is 14.6. The monoisotopic (exact) mass is 691 g/mol. The van der Waals surface area contributed by atoms with Crippen LogP contribution in [0.25, 0.3) is 10.8 Å². The fourth-order valence-corrected chi connectivity index (χ4v) is 6.27. The number of rotatable bonds is 26. The Morgan fingerprint density at radius 2 is 1.26 bits per heavy atom.